The topological polar surface area (TPSA) is 25.8 Å². The zero-order valence-electron chi connectivity index (χ0n) is 24.0. The van der Waals surface area contributed by atoms with Gasteiger partial charge >= 0.3 is 0 Å². The van der Waals surface area contributed by atoms with Crippen molar-refractivity contribution in [2.75, 3.05) is 0 Å². The van der Waals surface area contributed by atoms with Gasteiger partial charge in [0.05, 0.1) is 5.69 Å². The standard InChI is InChI=1S/C41H30N2/c1-27-8-2-3-9-34(27)41-37-12-6-4-10-35(37)40(36-11-5-7-13-38(36)41)33-17-15-29-24-32(16-14-30(29)25-33)39-26-31(20-23-43-39)28-18-21-42-22-19-28/h2-7,9-27H,8H2,1H3. The number of fused-ring (bicyclic) bond motifs is 3. The predicted octanol–water partition coefficient (Wildman–Crippen LogP) is 10.9. The Bertz CT molecular complexity index is 2170. The molecule has 43 heavy (non-hydrogen) atoms. The van der Waals surface area contributed by atoms with Gasteiger partial charge in [-0.15, -0.1) is 0 Å². The lowest BCUT2D eigenvalue weighted by Crippen LogP contribution is -2.03. The third-order valence-electron chi connectivity index (χ3n) is 8.85. The summed E-state index contributed by atoms with van der Waals surface area (Å²) in [6, 6.07) is 39.7. The first-order valence-corrected chi connectivity index (χ1v) is 15.0. The highest BCUT2D eigenvalue weighted by atomic mass is 14.7. The Morgan fingerprint density at radius 3 is 1.84 bits per heavy atom. The smallest absolute Gasteiger partial charge is 0.0708 e. The first kappa shape index (κ1) is 25.4. The third kappa shape index (κ3) is 4.43. The van der Waals surface area contributed by atoms with Gasteiger partial charge in [-0.1, -0.05) is 97.9 Å². The number of hydrogen-bond acceptors (Lipinski definition) is 2. The molecule has 1 atom stereocenters. The van der Waals surface area contributed by atoms with E-state index in [4.69, 9.17) is 4.98 Å². The van der Waals surface area contributed by atoms with Crippen molar-refractivity contribution >= 4 is 37.9 Å². The van der Waals surface area contributed by atoms with Crippen LogP contribution in [0, 0.1) is 5.92 Å². The van der Waals surface area contributed by atoms with E-state index >= 15 is 0 Å². The first-order chi connectivity index (χ1) is 21.2. The van der Waals surface area contributed by atoms with Crippen LogP contribution in [0.1, 0.15) is 18.9 Å². The van der Waals surface area contributed by atoms with E-state index in [-0.39, 0.29) is 0 Å². The van der Waals surface area contributed by atoms with Gasteiger partial charge in [0, 0.05) is 24.2 Å². The molecular formula is C41H30N2. The third-order valence-corrected chi connectivity index (χ3v) is 8.85. The molecule has 0 aliphatic heterocycles. The largest absolute Gasteiger partial charge is 0.265 e. The van der Waals surface area contributed by atoms with Crippen molar-refractivity contribution in [1.29, 1.82) is 0 Å². The molecule has 204 valence electrons. The van der Waals surface area contributed by atoms with E-state index in [9.17, 15) is 0 Å². The van der Waals surface area contributed by atoms with Crippen molar-refractivity contribution in [3.05, 3.63) is 152 Å². The van der Waals surface area contributed by atoms with Crippen molar-refractivity contribution in [2.24, 2.45) is 5.92 Å². The van der Waals surface area contributed by atoms with Crippen LogP contribution in [-0.2, 0) is 0 Å². The Kier molecular flexibility index (Phi) is 6.19. The molecule has 1 aliphatic carbocycles. The minimum absolute atomic E-state index is 0.484. The van der Waals surface area contributed by atoms with Crippen molar-refractivity contribution in [3.8, 4) is 33.5 Å². The van der Waals surface area contributed by atoms with E-state index in [2.05, 4.69) is 121 Å². The van der Waals surface area contributed by atoms with Gasteiger partial charge < -0.3 is 0 Å². The molecule has 0 radical (unpaired) electrons. The minimum atomic E-state index is 0.484. The fourth-order valence-electron chi connectivity index (χ4n) is 6.70. The number of aromatic nitrogens is 2. The van der Waals surface area contributed by atoms with Crippen molar-refractivity contribution in [3.63, 3.8) is 0 Å². The maximum atomic E-state index is 4.70. The van der Waals surface area contributed by atoms with Gasteiger partial charge in [-0.2, -0.15) is 0 Å². The lowest BCUT2D eigenvalue weighted by molar-refractivity contribution is 0.760. The summed E-state index contributed by atoms with van der Waals surface area (Å²) in [7, 11) is 0. The molecule has 0 bridgehead atoms. The molecule has 0 fully saturated rings. The highest BCUT2D eigenvalue weighted by Gasteiger charge is 2.21. The summed E-state index contributed by atoms with van der Waals surface area (Å²) >= 11 is 0. The molecule has 0 amide bonds. The van der Waals surface area contributed by atoms with Crippen LogP contribution in [-0.4, -0.2) is 9.97 Å². The average molecular weight is 551 g/mol. The molecule has 0 spiro atoms. The van der Waals surface area contributed by atoms with E-state index in [1.807, 2.05) is 36.8 Å². The molecule has 1 unspecified atom stereocenters. The molecule has 2 aromatic heterocycles. The summed E-state index contributed by atoms with van der Waals surface area (Å²) in [6.07, 6.45) is 13.4. The molecule has 2 heterocycles. The molecule has 2 heteroatoms. The van der Waals surface area contributed by atoms with E-state index in [0.29, 0.717) is 5.92 Å². The van der Waals surface area contributed by atoms with Crippen molar-refractivity contribution < 1.29 is 0 Å². The number of benzene rings is 5. The first-order valence-electron chi connectivity index (χ1n) is 15.0. The summed E-state index contributed by atoms with van der Waals surface area (Å²) in [5.74, 6) is 0.484. The number of nitrogens with zero attached hydrogens (tertiary/aromatic N) is 2. The quantitative estimate of drug-likeness (QED) is 0.204. The molecule has 7 aromatic rings. The van der Waals surface area contributed by atoms with Gasteiger partial charge in [0.15, 0.2) is 0 Å². The van der Waals surface area contributed by atoms with Crippen LogP contribution in [0.3, 0.4) is 0 Å². The molecule has 0 N–H and O–H groups in total. The Morgan fingerprint density at radius 2 is 1.16 bits per heavy atom. The summed E-state index contributed by atoms with van der Waals surface area (Å²) in [5.41, 5.74) is 9.69. The minimum Gasteiger partial charge on any atom is -0.265 e. The van der Waals surface area contributed by atoms with Gasteiger partial charge in [0.1, 0.15) is 0 Å². The number of pyridine rings is 2. The van der Waals surface area contributed by atoms with E-state index < -0.39 is 0 Å². The molecule has 5 aromatic carbocycles. The van der Waals surface area contributed by atoms with Crippen LogP contribution in [0.4, 0.5) is 0 Å². The zero-order valence-corrected chi connectivity index (χ0v) is 24.0. The van der Waals surface area contributed by atoms with Crippen LogP contribution in [0.5, 0.6) is 0 Å². The second-order valence-electron chi connectivity index (χ2n) is 11.5. The summed E-state index contributed by atoms with van der Waals surface area (Å²) in [5, 5.41) is 7.66. The summed E-state index contributed by atoms with van der Waals surface area (Å²) < 4.78 is 0. The second kappa shape index (κ2) is 10.5. The molecule has 0 saturated heterocycles. The number of rotatable bonds is 4. The normalized spacial score (nSPS) is 14.8. The second-order valence-corrected chi connectivity index (χ2v) is 11.5. The van der Waals surface area contributed by atoms with Crippen LogP contribution in [0.25, 0.3) is 71.4 Å². The van der Waals surface area contributed by atoms with Gasteiger partial charge in [-0.3, -0.25) is 9.97 Å². The highest BCUT2D eigenvalue weighted by molar-refractivity contribution is 6.19. The van der Waals surface area contributed by atoms with E-state index in [0.717, 1.165) is 28.8 Å². The number of allylic oxidation sites excluding steroid dienone is 4. The van der Waals surface area contributed by atoms with Crippen molar-refractivity contribution in [2.45, 2.75) is 13.3 Å². The Labute approximate surface area is 251 Å². The van der Waals surface area contributed by atoms with Crippen LogP contribution in [0.2, 0.25) is 0 Å². The van der Waals surface area contributed by atoms with E-state index in [1.54, 1.807) is 0 Å². The fourth-order valence-corrected chi connectivity index (χ4v) is 6.70. The highest BCUT2D eigenvalue weighted by Crippen LogP contribution is 2.45. The Hall–Kier alpha value is -5.34. The Morgan fingerprint density at radius 1 is 0.558 bits per heavy atom. The van der Waals surface area contributed by atoms with E-state index in [1.165, 1.54) is 54.6 Å². The average Bonchev–Trinajstić information content (AvgIpc) is 3.07. The molecular weight excluding hydrogens is 520 g/mol. The van der Waals surface area contributed by atoms with Gasteiger partial charge in [0.25, 0.3) is 0 Å². The maximum absolute atomic E-state index is 4.70. The zero-order chi connectivity index (χ0) is 28.8. The van der Waals surface area contributed by atoms with Crippen LogP contribution in [0.15, 0.2) is 146 Å². The lowest BCUT2D eigenvalue weighted by Gasteiger charge is -2.23. The van der Waals surface area contributed by atoms with Crippen LogP contribution >= 0.6 is 0 Å². The Balaban J connectivity index is 1.28. The van der Waals surface area contributed by atoms with Gasteiger partial charge in [-0.05, 0) is 114 Å². The summed E-state index contributed by atoms with van der Waals surface area (Å²) in [6.45, 7) is 2.34. The van der Waals surface area contributed by atoms with Crippen molar-refractivity contribution in [1.82, 2.24) is 9.97 Å². The SMILES string of the molecule is CC1CC=CC=C1c1c2ccccc2c(-c2ccc3cc(-c4cc(-c5ccncc5)ccn4)ccc3c2)c2ccccc12. The molecule has 1 aliphatic rings. The molecule has 8 rings (SSSR count). The molecule has 2 nitrogen and oxygen atoms in total. The fraction of sp³-hybridized carbons (Fsp3) is 0.0732. The number of hydrogen-bond donors (Lipinski definition) is 0. The maximum Gasteiger partial charge on any atom is 0.0708 e. The monoisotopic (exact) mass is 550 g/mol. The lowest BCUT2D eigenvalue weighted by atomic mass is 9.80. The van der Waals surface area contributed by atoms with Gasteiger partial charge in [-0.25, -0.2) is 0 Å². The van der Waals surface area contributed by atoms with Gasteiger partial charge in [0.2, 0.25) is 0 Å². The van der Waals surface area contributed by atoms with Crippen LogP contribution < -0.4 is 0 Å². The predicted molar refractivity (Wildman–Crippen MR) is 182 cm³/mol. The molecule has 0 saturated carbocycles. The summed E-state index contributed by atoms with van der Waals surface area (Å²) in [4.78, 5) is 8.86.